The summed E-state index contributed by atoms with van der Waals surface area (Å²) in [5.74, 6) is -0.534. The Morgan fingerprint density at radius 3 is 2.68 bits per heavy atom. The third kappa shape index (κ3) is 2.13. The molecule has 0 fully saturated rings. The minimum atomic E-state index is -3.79. The molecule has 1 aliphatic heterocycles. The van der Waals surface area contributed by atoms with Gasteiger partial charge in [0.15, 0.2) is 0 Å². The minimum absolute atomic E-state index is 0.0346. The lowest BCUT2D eigenvalue weighted by molar-refractivity contribution is 0.0878. The van der Waals surface area contributed by atoms with Crippen molar-refractivity contribution in [2.24, 2.45) is 0 Å². The van der Waals surface area contributed by atoms with Crippen molar-refractivity contribution in [3.63, 3.8) is 0 Å². The SMILES string of the molecule is CCC(=CC#N)CN1C(=O)c2ccccc2S1(=O)=O. The zero-order valence-corrected chi connectivity index (χ0v) is 11.1. The summed E-state index contributed by atoms with van der Waals surface area (Å²) in [7, 11) is -3.79. The molecule has 0 radical (unpaired) electrons. The van der Waals surface area contributed by atoms with Gasteiger partial charge in [-0.05, 0) is 24.1 Å². The van der Waals surface area contributed by atoms with Crippen molar-refractivity contribution in [1.82, 2.24) is 4.31 Å². The maximum Gasteiger partial charge on any atom is 0.269 e. The van der Waals surface area contributed by atoms with E-state index in [1.165, 1.54) is 18.2 Å². The predicted molar refractivity (Wildman–Crippen MR) is 68.7 cm³/mol. The Bertz CT molecular complexity index is 699. The van der Waals surface area contributed by atoms with Gasteiger partial charge in [0, 0.05) is 6.08 Å². The third-order valence-electron chi connectivity index (χ3n) is 2.98. The van der Waals surface area contributed by atoms with Crippen LogP contribution >= 0.6 is 0 Å². The van der Waals surface area contributed by atoms with Gasteiger partial charge in [0.05, 0.1) is 18.2 Å². The van der Waals surface area contributed by atoms with Crippen LogP contribution < -0.4 is 0 Å². The number of fused-ring (bicyclic) bond motifs is 1. The number of sulfonamides is 1. The first-order valence-corrected chi connectivity index (χ1v) is 7.20. The first-order chi connectivity index (χ1) is 9.02. The lowest BCUT2D eigenvalue weighted by Gasteiger charge is -2.15. The Morgan fingerprint density at radius 1 is 1.42 bits per heavy atom. The van der Waals surface area contributed by atoms with Crippen LogP contribution in [0.4, 0.5) is 0 Å². The maximum atomic E-state index is 12.2. The summed E-state index contributed by atoms with van der Waals surface area (Å²) in [6, 6.07) is 7.98. The van der Waals surface area contributed by atoms with E-state index in [2.05, 4.69) is 0 Å². The number of nitriles is 1. The number of carbonyl (C=O) groups is 1. The van der Waals surface area contributed by atoms with Crippen molar-refractivity contribution >= 4 is 15.9 Å². The van der Waals surface area contributed by atoms with Gasteiger partial charge in [-0.3, -0.25) is 4.79 Å². The van der Waals surface area contributed by atoms with E-state index >= 15 is 0 Å². The van der Waals surface area contributed by atoms with Crippen LogP contribution in [0.2, 0.25) is 0 Å². The second kappa shape index (κ2) is 4.86. The normalized spacial score (nSPS) is 17.2. The molecule has 0 saturated carbocycles. The second-order valence-corrected chi connectivity index (χ2v) is 5.93. The Hall–Kier alpha value is -2.13. The second-order valence-electron chi connectivity index (χ2n) is 4.10. The highest BCUT2D eigenvalue weighted by atomic mass is 32.2. The summed E-state index contributed by atoms with van der Waals surface area (Å²) in [5.41, 5.74) is 0.794. The van der Waals surface area contributed by atoms with Gasteiger partial charge >= 0.3 is 0 Å². The van der Waals surface area contributed by atoms with Gasteiger partial charge in [-0.25, -0.2) is 12.7 Å². The average Bonchev–Trinajstić information content (AvgIpc) is 2.60. The van der Waals surface area contributed by atoms with Gasteiger partial charge in [-0.1, -0.05) is 19.1 Å². The zero-order chi connectivity index (χ0) is 14.0. The molecule has 1 aromatic carbocycles. The van der Waals surface area contributed by atoms with E-state index in [1.807, 2.05) is 13.0 Å². The summed E-state index contributed by atoms with van der Waals surface area (Å²) in [6.45, 7) is 1.74. The summed E-state index contributed by atoms with van der Waals surface area (Å²) >= 11 is 0. The van der Waals surface area contributed by atoms with E-state index < -0.39 is 15.9 Å². The molecule has 6 heteroatoms. The molecule has 0 saturated heterocycles. The molecule has 1 aromatic rings. The molecule has 0 atom stereocenters. The van der Waals surface area contributed by atoms with Crippen molar-refractivity contribution in [3.05, 3.63) is 41.5 Å². The number of hydrogen-bond acceptors (Lipinski definition) is 4. The highest BCUT2D eigenvalue weighted by Gasteiger charge is 2.40. The Morgan fingerprint density at radius 2 is 2.11 bits per heavy atom. The van der Waals surface area contributed by atoms with Crippen LogP contribution in [0, 0.1) is 11.3 Å². The van der Waals surface area contributed by atoms with Crippen molar-refractivity contribution in [2.75, 3.05) is 6.54 Å². The zero-order valence-electron chi connectivity index (χ0n) is 10.3. The molecule has 98 valence electrons. The first kappa shape index (κ1) is 13.3. The molecule has 2 rings (SSSR count). The predicted octanol–water partition coefficient (Wildman–Crippen LogP) is 1.69. The fourth-order valence-corrected chi connectivity index (χ4v) is 3.50. The Kier molecular flexibility index (Phi) is 3.40. The summed E-state index contributed by atoms with van der Waals surface area (Å²) < 4.78 is 25.3. The molecule has 0 spiro atoms. The van der Waals surface area contributed by atoms with Gasteiger partial charge in [-0.15, -0.1) is 0 Å². The van der Waals surface area contributed by atoms with Crippen LogP contribution in [-0.4, -0.2) is 25.2 Å². The molecule has 0 bridgehead atoms. The number of amides is 1. The molecular weight excluding hydrogens is 264 g/mol. The maximum absolute atomic E-state index is 12.2. The van der Waals surface area contributed by atoms with Crippen molar-refractivity contribution in [1.29, 1.82) is 5.26 Å². The van der Waals surface area contributed by atoms with Gasteiger partial charge in [-0.2, -0.15) is 5.26 Å². The smallest absolute Gasteiger partial charge is 0.268 e. The fraction of sp³-hybridized carbons (Fsp3) is 0.231. The topological polar surface area (TPSA) is 78.2 Å². The van der Waals surface area contributed by atoms with E-state index in [1.54, 1.807) is 12.1 Å². The largest absolute Gasteiger partial charge is 0.269 e. The molecule has 1 heterocycles. The van der Waals surface area contributed by atoms with E-state index in [9.17, 15) is 13.2 Å². The van der Waals surface area contributed by atoms with Crippen LogP contribution in [0.25, 0.3) is 0 Å². The molecule has 1 amide bonds. The standard InChI is InChI=1S/C13H12N2O3S/c1-2-10(7-8-14)9-15-13(16)11-5-3-4-6-12(11)19(15,17)18/h3-7H,2,9H2,1H3. The van der Waals surface area contributed by atoms with E-state index in [0.29, 0.717) is 12.0 Å². The average molecular weight is 276 g/mol. The van der Waals surface area contributed by atoms with E-state index in [-0.39, 0.29) is 17.0 Å². The monoisotopic (exact) mass is 276 g/mol. The molecule has 0 N–H and O–H groups in total. The quantitative estimate of drug-likeness (QED) is 0.787. The summed E-state index contributed by atoms with van der Waals surface area (Å²) in [5, 5.41) is 8.63. The van der Waals surface area contributed by atoms with Gasteiger partial charge in [0.1, 0.15) is 4.90 Å². The number of nitrogens with zero attached hydrogens (tertiary/aromatic N) is 2. The van der Waals surface area contributed by atoms with Gasteiger partial charge in [0.2, 0.25) is 0 Å². The number of benzene rings is 1. The molecular formula is C13H12N2O3S. The van der Waals surface area contributed by atoms with Crippen molar-refractivity contribution in [3.8, 4) is 6.07 Å². The Labute approximate surface area is 111 Å². The van der Waals surface area contributed by atoms with Crippen LogP contribution in [0.3, 0.4) is 0 Å². The van der Waals surface area contributed by atoms with E-state index in [4.69, 9.17) is 5.26 Å². The summed E-state index contributed by atoms with van der Waals surface area (Å²) in [4.78, 5) is 12.1. The number of carbonyl (C=O) groups excluding carboxylic acids is 1. The number of hydrogen-bond donors (Lipinski definition) is 0. The molecule has 5 nitrogen and oxygen atoms in total. The number of rotatable bonds is 3. The van der Waals surface area contributed by atoms with E-state index in [0.717, 1.165) is 4.31 Å². The molecule has 0 aromatic heterocycles. The van der Waals surface area contributed by atoms with Crippen molar-refractivity contribution in [2.45, 2.75) is 18.2 Å². The molecule has 0 aliphatic carbocycles. The summed E-state index contributed by atoms with van der Waals surface area (Å²) in [6.07, 6.45) is 1.80. The molecule has 1 aliphatic rings. The van der Waals surface area contributed by atoms with Gasteiger partial charge in [0.25, 0.3) is 15.9 Å². The lowest BCUT2D eigenvalue weighted by Crippen LogP contribution is -2.31. The molecule has 19 heavy (non-hydrogen) atoms. The van der Waals surface area contributed by atoms with Crippen LogP contribution in [0.1, 0.15) is 23.7 Å². The minimum Gasteiger partial charge on any atom is -0.268 e. The fourth-order valence-electron chi connectivity index (χ4n) is 1.92. The number of allylic oxidation sites excluding steroid dienone is 1. The van der Waals surface area contributed by atoms with Crippen LogP contribution in [-0.2, 0) is 10.0 Å². The van der Waals surface area contributed by atoms with Crippen molar-refractivity contribution < 1.29 is 13.2 Å². The Balaban J connectivity index is 2.44. The van der Waals surface area contributed by atoms with Crippen LogP contribution in [0.5, 0.6) is 0 Å². The molecule has 0 unspecified atom stereocenters. The van der Waals surface area contributed by atoms with Crippen LogP contribution in [0.15, 0.2) is 40.8 Å². The highest BCUT2D eigenvalue weighted by molar-refractivity contribution is 7.90. The highest BCUT2D eigenvalue weighted by Crippen LogP contribution is 2.30. The first-order valence-electron chi connectivity index (χ1n) is 5.76. The third-order valence-corrected chi connectivity index (χ3v) is 4.77. The lowest BCUT2D eigenvalue weighted by atomic mass is 10.1. The van der Waals surface area contributed by atoms with Gasteiger partial charge < -0.3 is 0 Å².